The Morgan fingerprint density at radius 1 is 1.43 bits per heavy atom. The lowest BCUT2D eigenvalue weighted by Crippen LogP contribution is -2.51. The van der Waals surface area contributed by atoms with E-state index in [9.17, 15) is 22.4 Å². The lowest BCUT2D eigenvalue weighted by Gasteiger charge is -2.26. The van der Waals surface area contributed by atoms with Gasteiger partial charge in [0.1, 0.15) is 12.8 Å². The van der Waals surface area contributed by atoms with Crippen molar-refractivity contribution in [3.63, 3.8) is 0 Å². The Kier molecular flexibility index (Phi) is 6.64. The molecule has 28 heavy (non-hydrogen) atoms. The summed E-state index contributed by atoms with van der Waals surface area (Å²) in [5, 5.41) is 8.88. The van der Waals surface area contributed by atoms with Crippen molar-refractivity contribution in [2.45, 2.75) is 30.6 Å². The zero-order valence-electron chi connectivity index (χ0n) is 15.4. The van der Waals surface area contributed by atoms with Crippen molar-refractivity contribution in [2.75, 3.05) is 24.4 Å². The lowest BCUT2D eigenvalue weighted by molar-refractivity contribution is -0.132. The molecule has 2 atom stereocenters. The molecule has 0 aliphatic carbocycles. The summed E-state index contributed by atoms with van der Waals surface area (Å²) < 4.78 is 39.4. The highest BCUT2D eigenvalue weighted by atomic mass is 32.2. The van der Waals surface area contributed by atoms with Crippen LogP contribution in [0.3, 0.4) is 0 Å². The zero-order valence-corrected chi connectivity index (χ0v) is 16.3. The molecule has 1 saturated heterocycles. The van der Waals surface area contributed by atoms with Gasteiger partial charge in [-0.05, 0) is 31.2 Å². The molecule has 2 unspecified atom stereocenters. The molecule has 2 amide bonds. The van der Waals surface area contributed by atoms with Crippen LogP contribution in [0.4, 0.5) is 14.9 Å². The van der Waals surface area contributed by atoms with E-state index < -0.39 is 39.4 Å². The second kappa shape index (κ2) is 8.58. The SMILES string of the molecule is CC(CC1CN(c2ccc(C#CCCF)cc2)C(=O)O1)(C(=O)NO)S(C)(=O)=O. The number of hydrogen-bond acceptors (Lipinski definition) is 6. The smallest absolute Gasteiger partial charge is 0.414 e. The van der Waals surface area contributed by atoms with E-state index in [0.29, 0.717) is 11.3 Å². The van der Waals surface area contributed by atoms with Gasteiger partial charge in [-0.2, -0.15) is 0 Å². The number of carbonyl (C=O) groups excluding carboxylic acids is 2. The molecule has 1 heterocycles. The molecule has 0 spiro atoms. The summed E-state index contributed by atoms with van der Waals surface area (Å²) in [7, 11) is -3.90. The Morgan fingerprint density at radius 2 is 2.07 bits per heavy atom. The summed E-state index contributed by atoms with van der Waals surface area (Å²) in [6.45, 7) is 0.678. The first kappa shape index (κ1) is 21.7. The summed E-state index contributed by atoms with van der Waals surface area (Å²) >= 11 is 0. The first-order chi connectivity index (χ1) is 13.1. The third-order valence-electron chi connectivity index (χ3n) is 4.52. The van der Waals surface area contributed by atoms with Gasteiger partial charge in [0, 0.05) is 30.3 Å². The van der Waals surface area contributed by atoms with Crippen molar-refractivity contribution < 1.29 is 32.3 Å². The van der Waals surface area contributed by atoms with E-state index in [4.69, 9.17) is 9.94 Å². The highest BCUT2D eigenvalue weighted by Gasteiger charge is 2.48. The number of hydrogen-bond donors (Lipinski definition) is 2. The predicted octanol–water partition coefficient (Wildman–Crippen LogP) is 1.42. The third-order valence-corrected chi connectivity index (χ3v) is 6.51. The van der Waals surface area contributed by atoms with Crippen molar-refractivity contribution >= 4 is 27.5 Å². The number of rotatable bonds is 6. The van der Waals surface area contributed by atoms with Gasteiger partial charge in [-0.15, -0.1) is 0 Å². The maximum atomic E-state index is 12.2. The van der Waals surface area contributed by atoms with E-state index in [0.717, 1.165) is 13.2 Å². The zero-order chi connectivity index (χ0) is 20.9. The van der Waals surface area contributed by atoms with Crippen LogP contribution in [0.25, 0.3) is 0 Å². The molecular formula is C18H21FN2O6S. The molecule has 2 rings (SSSR count). The number of hydroxylamine groups is 1. The minimum absolute atomic E-state index is 0.0372. The number of ether oxygens (including phenoxy) is 1. The number of cyclic esters (lactones) is 1. The van der Waals surface area contributed by atoms with E-state index in [1.807, 2.05) is 0 Å². The van der Waals surface area contributed by atoms with Gasteiger partial charge in [0.05, 0.1) is 6.54 Å². The largest absolute Gasteiger partial charge is 0.444 e. The topological polar surface area (TPSA) is 113 Å². The molecule has 10 heteroatoms. The molecule has 0 radical (unpaired) electrons. The van der Waals surface area contributed by atoms with Crippen LogP contribution >= 0.6 is 0 Å². The summed E-state index contributed by atoms with van der Waals surface area (Å²) in [5.41, 5.74) is 2.53. The van der Waals surface area contributed by atoms with Crippen LogP contribution in [0, 0.1) is 11.8 Å². The Balaban J connectivity index is 2.15. The van der Waals surface area contributed by atoms with Gasteiger partial charge in [0.2, 0.25) is 0 Å². The van der Waals surface area contributed by atoms with Crippen LogP contribution in [0.15, 0.2) is 24.3 Å². The van der Waals surface area contributed by atoms with Gasteiger partial charge in [-0.25, -0.2) is 18.7 Å². The molecule has 0 aromatic heterocycles. The van der Waals surface area contributed by atoms with Crippen LogP contribution < -0.4 is 10.4 Å². The highest BCUT2D eigenvalue weighted by molar-refractivity contribution is 7.92. The summed E-state index contributed by atoms with van der Waals surface area (Å²) in [4.78, 5) is 25.4. The van der Waals surface area contributed by atoms with Gasteiger partial charge in [-0.1, -0.05) is 11.8 Å². The van der Waals surface area contributed by atoms with Gasteiger partial charge in [0.15, 0.2) is 14.6 Å². The van der Waals surface area contributed by atoms with Gasteiger partial charge < -0.3 is 4.74 Å². The lowest BCUT2D eigenvalue weighted by atomic mass is 10.0. The van der Waals surface area contributed by atoms with E-state index in [1.165, 1.54) is 10.4 Å². The van der Waals surface area contributed by atoms with Gasteiger partial charge >= 0.3 is 6.09 Å². The standard InChI is InChI=1S/C18H21FN2O6S/c1-18(16(22)20-24,28(2,25)26)11-15-12-21(17(23)27-15)14-8-6-13(7-9-14)5-3-4-10-19/h6-9,15,24H,4,10-12H2,1-2H3,(H,20,22). The minimum Gasteiger partial charge on any atom is -0.444 e. The van der Waals surface area contributed by atoms with Crippen molar-refractivity contribution in [2.24, 2.45) is 0 Å². The predicted molar refractivity (Wildman–Crippen MR) is 99.3 cm³/mol. The Labute approximate surface area is 162 Å². The second-order valence-corrected chi connectivity index (χ2v) is 9.00. The van der Waals surface area contributed by atoms with Crippen molar-refractivity contribution in [3.8, 4) is 11.8 Å². The molecule has 1 aliphatic rings. The fraction of sp³-hybridized carbons (Fsp3) is 0.444. The number of amides is 2. The van der Waals surface area contributed by atoms with Crippen molar-refractivity contribution in [3.05, 3.63) is 29.8 Å². The van der Waals surface area contributed by atoms with E-state index in [1.54, 1.807) is 24.3 Å². The summed E-state index contributed by atoms with van der Waals surface area (Å²) in [5.74, 6) is 4.36. The molecule has 1 aliphatic heterocycles. The molecule has 1 aromatic rings. The first-order valence-electron chi connectivity index (χ1n) is 8.39. The maximum absolute atomic E-state index is 12.2. The number of nitrogens with one attached hydrogen (secondary N) is 1. The normalized spacial score (nSPS) is 18.6. The van der Waals surface area contributed by atoms with E-state index in [-0.39, 0.29) is 19.4 Å². The van der Waals surface area contributed by atoms with Crippen molar-refractivity contribution in [1.82, 2.24) is 5.48 Å². The highest BCUT2D eigenvalue weighted by Crippen LogP contribution is 2.30. The number of carbonyl (C=O) groups is 2. The fourth-order valence-electron chi connectivity index (χ4n) is 2.74. The van der Waals surface area contributed by atoms with Crippen LogP contribution in [-0.2, 0) is 19.4 Å². The third kappa shape index (κ3) is 4.61. The summed E-state index contributed by atoms with van der Waals surface area (Å²) in [6.07, 6.45) is -0.843. The number of anilines is 1. The number of alkyl halides is 1. The fourth-order valence-corrected chi connectivity index (χ4v) is 3.61. The molecule has 152 valence electrons. The Bertz CT molecular complexity index is 906. The molecule has 8 nitrogen and oxygen atoms in total. The average molecular weight is 412 g/mol. The van der Waals surface area contributed by atoms with E-state index >= 15 is 0 Å². The number of nitrogens with zero attached hydrogens (tertiary/aromatic N) is 1. The Hall–Kier alpha value is -2.64. The molecular weight excluding hydrogens is 391 g/mol. The average Bonchev–Trinajstić information content (AvgIpc) is 3.00. The first-order valence-corrected chi connectivity index (χ1v) is 10.3. The number of sulfone groups is 1. The van der Waals surface area contributed by atoms with E-state index in [2.05, 4.69) is 11.8 Å². The van der Waals surface area contributed by atoms with Crippen molar-refractivity contribution in [1.29, 1.82) is 0 Å². The molecule has 0 saturated carbocycles. The monoisotopic (exact) mass is 412 g/mol. The van der Waals surface area contributed by atoms with Gasteiger partial charge in [-0.3, -0.25) is 19.3 Å². The van der Waals surface area contributed by atoms with Crippen LogP contribution in [0.5, 0.6) is 0 Å². The molecule has 0 bridgehead atoms. The minimum atomic E-state index is -3.90. The quantitative estimate of drug-likeness (QED) is 0.415. The summed E-state index contributed by atoms with van der Waals surface area (Å²) in [6, 6.07) is 6.61. The van der Waals surface area contributed by atoms with Gasteiger partial charge in [0.25, 0.3) is 5.91 Å². The van der Waals surface area contributed by atoms with Crippen LogP contribution in [0.2, 0.25) is 0 Å². The molecule has 1 aromatic carbocycles. The van der Waals surface area contributed by atoms with Crippen LogP contribution in [0.1, 0.15) is 25.3 Å². The molecule has 1 fully saturated rings. The number of halogens is 1. The molecule has 2 N–H and O–H groups in total. The van der Waals surface area contributed by atoms with Crippen LogP contribution in [-0.4, -0.2) is 56.0 Å². The second-order valence-electron chi connectivity index (χ2n) is 6.55. The number of benzene rings is 1. The maximum Gasteiger partial charge on any atom is 0.414 e. The Morgan fingerprint density at radius 3 is 2.61 bits per heavy atom.